The summed E-state index contributed by atoms with van der Waals surface area (Å²) < 4.78 is 77.4. The van der Waals surface area contributed by atoms with Gasteiger partial charge in [-0.05, 0) is 80.0 Å². The molecule has 94 heavy (non-hydrogen) atoms. The van der Waals surface area contributed by atoms with E-state index in [0.717, 1.165) is 12.8 Å². The van der Waals surface area contributed by atoms with E-state index in [-0.39, 0.29) is 65.8 Å². The molecule has 0 amide bonds. The molecular weight excluding hydrogens is 1260 g/mol. The molecule has 0 spiro atoms. The van der Waals surface area contributed by atoms with Gasteiger partial charge in [-0.3, -0.25) is 4.79 Å². The molecule has 40 atom stereocenters. The van der Waals surface area contributed by atoms with Crippen LogP contribution in [0.15, 0.2) is 0 Å². The first-order valence-corrected chi connectivity index (χ1v) is 33.2. The maximum absolute atomic E-state index is 14.9. The quantitative estimate of drug-likeness (QED) is 0.0504. The highest BCUT2D eigenvalue weighted by Gasteiger charge is 2.71. The fourth-order valence-electron chi connectivity index (χ4n) is 17.7. The van der Waals surface area contributed by atoms with E-state index in [1.807, 2.05) is 20.8 Å². The van der Waals surface area contributed by atoms with Crippen LogP contribution in [0.5, 0.6) is 0 Å². The van der Waals surface area contributed by atoms with Gasteiger partial charge in [0.15, 0.2) is 43.5 Å². The number of rotatable bonds is 20. The van der Waals surface area contributed by atoms with Crippen LogP contribution in [-0.4, -0.2) is 339 Å². The predicted octanol–water partition coefficient (Wildman–Crippen LogP) is -7.85. The minimum Gasteiger partial charge on any atom is -0.394 e. The molecule has 4 saturated carbocycles. The second-order valence-electron chi connectivity index (χ2n) is 28.9. The molecule has 0 aromatic carbocycles. The smallest absolute Gasteiger partial charge is 0.187 e. The summed E-state index contributed by atoms with van der Waals surface area (Å²) in [6.45, 7) is 3.61. The van der Waals surface area contributed by atoms with Crippen molar-refractivity contribution in [3.05, 3.63) is 0 Å². The molecule has 7 saturated heterocycles. The van der Waals surface area contributed by atoms with Crippen LogP contribution in [-0.2, 0) is 66.4 Å². The summed E-state index contributed by atoms with van der Waals surface area (Å²) in [6.07, 6.45) is -45.6. The van der Waals surface area contributed by atoms with Crippen LogP contribution in [0.3, 0.4) is 0 Å². The average molecular weight is 1360 g/mol. The minimum atomic E-state index is -2.15. The maximum atomic E-state index is 14.9. The van der Waals surface area contributed by atoms with E-state index < -0.39 is 235 Å². The SMILES string of the molecule is CC(CC[C@@]1(O)OC2C[C@H]3[C@@H]4CC[C@H]5C[C@@H](O[C@@H]6O[C@H](CO)[C@H](O[C@@H]7O[C@H](CO)[C@@H](O)[C@H](O[C@@H]8OC[C@@H](O)[C@H](O)[C@@H]8O)[C@H]7O[C@@H]7O[C@H](CO)[C@@H](O)[C@H](O[C@@H]8OC[C@@H](O)[C@H](O)[C@@H]8O)[C@H]7O)[C@H](O)[C@H]6O)CC[C@]5(C)[C@H]4CC(=O)[C@]3(C)C2[C@@H]1C)CO[C@@H]1O[C@H](CO)[C@@H](O)[C@H](O)[C@H]1O. The monoisotopic (exact) mass is 1360 g/mol. The average Bonchev–Trinajstić information content (AvgIpc) is 1.48. The molecule has 33 nitrogen and oxygen atoms in total. The highest BCUT2D eigenvalue weighted by atomic mass is 16.8. The van der Waals surface area contributed by atoms with Gasteiger partial charge in [0.25, 0.3) is 0 Å². The van der Waals surface area contributed by atoms with Crippen molar-refractivity contribution < 1.29 is 163 Å². The summed E-state index contributed by atoms with van der Waals surface area (Å²) in [5.74, 6) is -1.95. The van der Waals surface area contributed by atoms with Crippen molar-refractivity contribution in [2.24, 2.45) is 52.3 Å². The van der Waals surface area contributed by atoms with Gasteiger partial charge >= 0.3 is 0 Å². The van der Waals surface area contributed by atoms with Crippen molar-refractivity contribution in [1.82, 2.24) is 0 Å². The van der Waals surface area contributed by atoms with Gasteiger partial charge in [-0.1, -0.05) is 27.7 Å². The van der Waals surface area contributed by atoms with Crippen molar-refractivity contribution in [1.29, 1.82) is 0 Å². The number of carbonyl (C=O) groups is 1. The summed E-state index contributed by atoms with van der Waals surface area (Å²) >= 11 is 0. The molecule has 4 aliphatic carbocycles. The molecule has 11 aliphatic rings. The Bertz CT molecular complexity index is 2490. The number of fused-ring (bicyclic) bond motifs is 7. The highest BCUT2D eigenvalue weighted by Crippen LogP contribution is 2.70. The van der Waals surface area contributed by atoms with Crippen LogP contribution in [0, 0.1) is 52.3 Å². The molecule has 7 aliphatic heterocycles. The van der Waals surface area contributed by atoms with Gasteiger partial charge in [-0.2, -0.15) is 0 Å². The van der Waals surface area contributed by atoms with E-state index in [2.05, 4.69) is 6.92 Å². The Kier molecular flexibility index (Phi) is 23.0. The largest absolute Gasteiger partial charge is 0.394 e. The van der Waals surface area contributed by atoms with Crippen LogP contribution in [0.25, 0.3) is 0 Å². The van der Waals surface area contributed by atoms with Gasteiger partial charge < -0.3 is 159 Å². The number of Topliss-reactive ketones (excluding diaryl/α,β-unsaturated/α-hetero) is 1. The third-order valence-electron chi connectivity index (χ3n) is 23.4. The highest BCUT2D eigenvalue weighted by molar-refractivity contribution is 5.87. The van der Waals surface area contributed by atoms with E-state index in [1.54, 1.807) is 0 Å². The van der Waals surface area contributed by atoms with Gasteiger partial charge in [0.05, 0.1) is 58.5 Å². The third-order valence-corrected chi connectivity index (χ3v) is 23.4. The van der Waals surface area contributed by atoms with Gasteiger partial charge in [0.2, 0.25) is 0 Å². The second-order valence-corrected chi connectivity index (χ2v) is 28.9. The molecule has 11 rings (SSSR count). The lowest BCUT2D eigenvalue weighted by molar-refractivity contribution is -0.408. The lowest BCUT2D eigenvalue weighted by Gasteiger charge is -2.60. The van der Waals surface area contributed by atoms with Crippen molar-refractivity contribution in [2.45, 2.75) is 276 Å². The zero-order chi connectivity index (χ0) is 67.9. The topological polar surface area (TPSA) is 521 Å². The molecule has 0 bridgehead atoms. The fourth-order valence-corrected chi connectivity index (χ4v) is 17.7. The molecule has 3 unspecified atom stereocenters. The van der Waals surface area contributed by atoms with E-state index in [4.69, 9.17) is 61.6 Å². The predicted molar refractivity (Wildman–Crippen MR) is 305 cm³/mol. The number of aliphatic hydroxyl groups is 19. The molecule has 0 radical (unpaired) electrons. The number of aliphatic hydroxyl groups excluding tert-OH is 18. The Hall–Kier alpha value is -1.61. The molecule has 19 N–H and O–H groups in total. The fraction of sp³-hybridized carbons (Fsp3) is 0.984. The van der Waals surface area contributed by atoms with Crippen molar-refractivity contribution >= 4 is 5.78 Å². The number of hydrogen-bond donors (Lipinski definition) is 19. The maximum Gasteiger partial charge on any atom is 0.187 e. The normalized spacial score (nSPS) is 54.9. The van der Waals surface area contributed by atoms with Gasteiger partial charge in [-0.25, -0.2) is 0 Å². The summed E-state index contributed by atoms with van der Waals surface area (Å²) in [4.78, 5) is 14.9. The number of carbonyl (C=O) groups excluding carboxylic acids is 1. The first-order chi connectivity index (χ1) is 44.5. The Morgan fingerprint density at radius 2 is 1.04 bits per heavy atom. The molecular formula is C61H100O33. The molecule has 7 heterocycles. The zero-order valence-corrected chi connectivity index (χ0v) is 52.9. The summed E-state index contributed by atoms with van der Waals surface area (Å²) in [5, 5.41) is 206. The first kappa shape index (κ1) is 73.6. The van der Waals surface area contributed by atoms with Crippen LogP contribution < -0.4 is 0 Å². The zero-order valence-electron chi connectivity index (χ0n) is 52.9. The summed E-state index contributed by atoms with van der Waals surface area (Å²) in [5.41, 5.74) is -1.06. The van der Waals surface area contributed by atoms with E-state index >= 15 is 0 Å². The minimum absolute atomic E-state index is 0.00384. The number of ketones is 1. The van der Waals surface area contributed by atoms with E-state index in [1.165, 1.54) is 0 Å². The van der Waals surface area contributed by atoms with Crippen LogP contribution in [0.4, 0.5) is 0 Å². The van der Waals surface area contributed by atoms with Crippen LogP contribution >= 0.6 is 0 Å². The van der Waals surface area contributed by atoms with Gasteiger partial charge in [0.1, 0.15) is 140 Å². The number of ether oxygens (including phenoxy) is 13. The molecule has 0 aromatic rings. The lowest BCUT2D eigenvalue weighted by atomic mass is 9.44. The van der Waals surface area contributed by atoms with Crippen molar-refractivity contribution in [3.8, 4) is 0 Å². The Balaban J connectivity index is 0.738. The van der Waals surface area contributed by atoms with Crippen LogP contribution in [0.1, 0.15) is 85.5 Å². The van der Waals surface area contributed by atoms with Crippen molar-refractivity contribution in [3.63, 3.8) is 0 Å². The van der Waals surface area contributed by atoms with E-state index in [0.29, 0.717) is 38.5 Å². The molecule has 542 valence electrons. The Morgan fingerprint density at radius 3 is 1.67 bits per heavy atom. The van der Waals surface area contributed by atoms with Gasteiger partial charge in [0, 0.05) is 30.1 Å². The molecule has 0 aromatic heterocycles. The molecule has 11 fully saturated rings. The Labute approximate surface area is 541 Å². The van der Waals surface area contributed by atoms with Crippen LogP contribution in [0.2, 0.25) is 0 Å². The van der Waals surface area contributed by atoms with Gasteiger partial charge in [-0.15, -0.1) is 0 Å². The lowest BCUT2D eigenvalue weighted by Crippen LogP contribution is -2.69. The third kappa shape index (κ3) is 13.5. The Morgan fingerprint density at radius 1 is 0.521 bits per heavy atom. The second kappa shape index (κ2) is 29.4. The number of hydrogen-bond acceptors (Lipinski definition) is 33. The molecule has 33 heteroatoms. The standard InChI is InChI=1S/C61H100O33/c1-21(18-82-53-46(78)42(74)39(71)31(14-62)86-53)7-10-61(81)22(2)36-30(94-61)12-27-25-6-5-23-11-24(8-9-59(23,3)26(25)13-35(68)60(27,36)4)85-56-47(79)43(75)49(34(17-65)89-56)90-58-52(51(41(73)33(16-64)88-58)92-55-45(77)38(70)29(67)20-84-55)93-57-48(80)50(40(72)32(15-63)87-57)91-54-44(76)37(69)28(66)19-83-54/h21-34,36-58,62-67,69-81H,5-20H2,1-4H3/t21?,22-,23-,24-,25+,26-,27-,28+,29+,30?,31+,32+,33+,34+,36?,37-,38-,39+,40+,41+,42-,43+,44-,45-,46+,47+,48+,49-,50-,51-,52+,53+,54-,55-,56+,57-,58-,59-,60+,61+/m0/s1. The first-order valence-electron chi connectivity index (χ1n) is 33.2. The van der Waals surface area contributed by atoms with E-state index in [9.17, 15) is 102 Å². The van der Waals surface area contributed by atoms with Crippen molar-refractivity contribution in [2.75, 3.05) is 46.2 Å². The summed E-state index contributed by atoms with van der Waals surface area (Å²) in [7, 11) is 0. The summed E-state index contributed by atoms with van der Waals surface area (Å²) in [6, 6.07) is 0.